The molecule has 0 fully saturated rings. The van der Waals surface area contributed by atoms with Gasteiger partial charge in [0.25, 0.3) is 0 Å². The van der Waals surface area contributed by atoms with Crippen LogP contribution in [-0.2, 0) is 26.0 Å². The lowest BCUT2D eigenvalue weighted by Crippen LogP contribution is -2.25. The molecule has 0 aliphatic rings. The first-order valence-corrected chi connectivity index (χ1v) is 11.7. The number of carbonyl (C=O) groups is 1. The standard InChI is InChI=1S/C24H23ClFNO4S/c1-15(10-11-27-32(29,30)22-7-5-4-6-21(22)25)24-16(2)18(13-23(28)31-3)12-17-8-9-19(26)14-20(17)24/h4-9,12,14,27H,1,10-11,13H2,2-3H3. The molecule has 0 aromatic heterocycles. The van der Waals surface area contributed by atoms with Gasteiger partial charge in [-0.25, -0.2) is 17.5 Å². The number of rotatable bonds is 8. The first-order valence-electron chi connectivity index (χ1n) is 9.85. The number of hydrogen-bond acceptors (Lipinski definition) is 4. The van der Waals surface area contributed by atoms with Crippen molar-refractivity contribution in [2.45, 2.75) is 24.7 Å². The summed E-state index contributed by atoms with van der Waals surface area (Å²) in [5.41, 5.74) is 2.82. The monoisotopic (exact) mass is 475 g/mol. The van der Waals surface area contributed by atoms with Crippen molar-refractivity contribution in [2.75, 3.05) is 13.7 Å². The molecule has 0 spiro atoms. The van der Waals surface area contributed by atoms with E-state index < -0.39 is 21.8 Å². The van der Waals surface area contributed by atoms with Crippen LogP contribution < -0.4 is 4.72 Å². The van der Waals surface area contributed by atoms with E-state index in [1.54, 1.807) is 18.2 Å². The van der Waals surface area contributed by atoms with Crippen LogP contribution in [-0.4, -0.2) is 28.0 Å². The predicted octanol–water partition coefficient (Wildman–Crippen LogP) is 5.04. The lowest BCUT2D eigenvalue weighted by atomic mass is 9.88. The van der Waals surface area contributed by atoms with Crippen molar-refractivity contribution in [3.63, 3.8) is 0 Å². The van der Waals surface area contributed by atoms with Crippen LogP contribution in [0.5, 0.6) is 0 Å². The van der Waals surface area contributed by atoms with Crippen molar-refractivity contribution >= 4 is 43.9 Å². The van der Waals surface area contributed by atoms with Crippen LogP contribution >= 0.6 is 11.6 Å². The largest absolute Gasteiger partial charge is 0.469 e. The maximum absolute atomic E-state index is 14.0. The summed E-state index contributed by atoms with van der Waals surface area (Å²) >= 11 is 6.01. The molecule has 3 rings (SSSR count). The fraction of sp³-hybridized carbons (Fsp3) is 0.208. The Labute approximate surface area is 191 Å². The molecule has 0 saturated carbocycles. The number of sulfonamides is 1. The van der Waals surface area contributed by atoms with Crippen molar-refractivity contribution in [3.05, 3.63) is 82.6 Å². The third-order valence-electron chi connectivity index (χ3n) is 5.23. The van der Waals surface area contributed by atoms with E-state index in [2.05, 4.69) is 11.3 Å². The number of methoxy groups -OCH3 is 1. The third-order valence-corrected chi connectivity index (χ3v) is 7.19. The molecule has 1 N–H and O–H groups in total. The Balaban J connectivity index is 1.90. The van der Waals surface area contributed by atoms with Gasteiger partial charge in [-0.2, -0.15) is 0 Å². The summed E-state index contributed by atoms with van der Waals surface area (Å²) in [4.78, 5) is 11.9. The zero-order valence-electron chi connectivity index (χ0n) is 17.7. The van der Waals surface area contributed by atoms with Gasteiger partial charge in [-0.15, -0.1) is 0 Å². The van der Waals surface area contributed by atoms with Gasteiger partial charge in [0.2, 0.25) is 10.0 Å². The summed E-state index contributed by atoms with van der Waals surface area (Å²) in [7, 11) is -2.48. The first-order chi connectivity index (χ1) is 15.1. The van der Waals surface area contributed by atoms with E-state index in [1.165, 1.54) is 31.4 Å². The van der Waals surface area contributed by atoms with Crippen molar-refractivity contribution in [3.8, 4) is 0 Å². The van der Waals surface area contributed by atoms with Crippen LogP contribution in [0.15, 0.2) is 60.0 Å². The summed E-state index contributed by atoms with van der Waals surface area (Å²) in [6, 6.07) is 12.4. The third kappa shape index (κ3) is 5.18. The molecule has 0 radical (unpaired) electrons. The molecule has 0 amide bonds. The van der Waals surface area contributed by atoms with Gasteiger partial charge in [0, 0.05) is 6.54 Å². The minimum Gasteiger partial charge on any atom is -0.469 e. The number of esters is 1. The first kappa shape index (κ1) is 23.9. The van der Waals surface area contributed by atoms with E-state index in [9.17, 15) is 17.6 Å². The molecule has 0 saturated heterocycles. The Morgan fingerprint density at radius 2 is 1.91 bits per heavy atom. The maximum atomic E-state index is 14.0. The van der Waals surface area contributed by atoms with E-state index in [0.29, 0.717) is 16.5 Å². The van der Waals surface area contributed by atoms with E-state index in [-0.39, 0.29) is 29.3 Å². The average Bonchev–Trinajstić information content (AvgIpc) is 2.74. The molecule has 32 heavy (non-hydrogen) atoms. The van der Waals surface area contributed by atoms with Crippen LogP contribution in [0.3, 0.4) is 0 Å². The average molecular weight is 476 g/mol. The fourth-order valence-electron chi connectivity index (χ4n) is 3.60. The summed E-state index contributed by atoms with van der Waals surface area (Å²) in [5.74, 6) is -0.787. The molecule has 5 nitrogen and oxygen atoms in total. The van der Waals surface area contributed by atoms with Crippen molar-refractivity contribution in [1.82, 2.24) is 4.72 Å². The molecule has 168 valence electrons. The predicted molar refractivity (Wildman–Crippen MR) is 125 cm³/mol. The van der Waals surface area contributed by atoms with E-state index in [4.69, 9.17) is 16.3 Å². The summed E-state index contributed by atoms with van der Waals surface area (Å²) in [5, 5.41) is 1.53. The van der Waals surface area contributed by atoms with Crippen molar-refractivity contribution in [2.24, 2.45) is 0 Å². The fourth-order valence-corrected chi connectivity index (χ4v) is 5.15. The summed E-state index contributed by atoms with van der Waals surface area (Å²) < 4.78 is 46.5. The molecule has 0 unspecified atom stereocenters. The minimum absolute atomic E-state index is 0.00365. The number of ether oxygens (including phenoxy) is 1. The zero-order valence-corrected chi connectivity index (χ0v) is 19.3. The molecule has 3 aromatic carbocycles. The summed E-state index contributed by atoms with van der Waals surface area (Å²) in [6.45, 7) is 6.02. The lowest BCUT2D eigenvalue weighted by Gasteiger charge is -2.17. The molecule has 0 aliphatic carbocycles. The maximum Gasteiger partial charge on any atom is 0.309 e. The number of nitrogens with one attached hydrogen (secondary N) is 1. The Kier molecular flexibility index (Phi) is 7.33. The van der Waals surface area contributed by atoms with Crippen molar-refractivity contribution < 1.29 is 22.3 Å². The van der Waals surface area contributed by atoms with Gasteiger partial charge < -0.3 is 4.74 Å². The van der Waals surface area contributed by atoms with Crippen LogP contribution in [0.2, 0.25) is 5.02 Å². The molecular weight excluding hydrogens is 453 g/mol. The molecule has 0 atom stereocenters. The van der Waals surface area contributed by atoms with E-state index in [0.717, 1.165) is 16.5 Å². The number of fused-ring (bicyclic) bond motifs is 1. The van der Waals surface area contributed by atoms with Gasteiger partial charge >= 0.3 is 5.97 Å². The van der Waals surface area contributed by atoms with Gasteiger partial charge in [0.1, 0.15) is 10.7 Å². The Morgan fingerprint density at radius 1 is 1.19 bits per heavy atom. The zero-order chi connectivity index (χ0) is 23.5. The van der Waals surface area contributed by atoms with Gasteiger partial charge in [-0.05, 0) is 70.6 Å². The van der Waals surface area contributed by atoms with Crippen molar-refractivity contribution in [1.29, 1.82) is 0 Å². The quantitative estimate of drug-likeness (QED) is 0.463. The number of halogens is 2. The van der Waals surface area contributed by atoms with E-state index >= 15 is 0 Å². The second kappa shape index (κ2) is 9.81. The van der Waals surface area contributed by atoms with Crippen LogP contribution in [0.4, 0.5) is 4.39 Å². The number of carbonyl (C=O) groups excluding carboxylic acids is 1. The van der Waals surface area contributed by atoms with Gasteiger partial charge in [0.05, 0.1) is 18.6 Å². The number of benzene rings is 3. The molecule has 0 aliphatic heterocycles. The molecular formula is C24H23ClFNO4S. The van der Waals surface area contributed by atoms with Gasteiger partial charge in [0.15, 0.2) is 0 Å². The smallest absolute Gasteiger partial charge is 0.309 e. The normalized spacial score (nSPS) is 11.5. The SMILES string of the molecule is C=C(CCNS(=O)(=O)c1ccccc1Cl)c1c(C)c(CC(=O)OC)cc2ccc(F)cc12. The van der Waals surface area contributed by atoms with Crippen LogP contribution in [0.25, 0.3) is 16.3 Å². The highest BCUT2D eigenvalue weighted by atomic mass is 35.5. The van der Waals surface area contributed by atoms with Crippen LogP contribution in [0, 0.1) is 12.7 Å². The van der Waals surface area contributed by atoms with Crippen LogP contribution in [0.1, 0.15) is 23.1 Å². The number of hydrogen-bond donors (Lipinski definition) is 1. The topological polar surface area (TPSA) is 72.5 Å². The highest BCUT2D eigenvalue weighted by Gasteiger charge is 2.19. The molecule has 8 heteroatoms. The van der Waals surface area contributed by atoms with Gasteiger partial charge in [-0.3, -0.25) is 4.79 Å². The second-order valence-electron chi connectivity index (χ2n) is 7.34. The Morgan fingerprint density at radius 3 is 2.59 bits per heavy atom. The second-order valence-corrected chi connectivity index (χ2v) is 9.48. The highest BCUT2D eigenvalue weighted by molar-refractivity contribution is 7.89. The summed E-state index contributed by atoms with van der Waals surface area (Å²) in [6.07, 6.45) is 0.340. The molecule has 0 heterocycles. The molecule has 0 bridgehead atoms. The highest BCUT2D eigenvalue weighted by Crippen LogP contribution is 2.33. The Bertz CT molecular complexity index is 1300. The molecule has 3 aromatic rings. The van der Waals surface area contributed by atoms with E-state index in [1.807, 2.05) is 13.0 Å². The minimum atomic E-state index is -3.80. The van der Waals surface area contributed by atoms with Gasteiger partial charge in [-0.1, -0.05) is 42.4 Å². The Hall–Kier alpha value is -2.74. The lowest BCUT2D eigenvalue weighted by molar-refractivity contribution is -0.139.